The van der Waals surface area contributed by atoms with Crippen LogP contribution in [0.4, 0.5) is 4.39 Å². The van der Waals surface area contributed by atoms with Gasteiger partial charge in [-0.1, -0.05) is 12.1 Å². The lowest BCUT2D eigenvalue weighted by molar-refractivity contribution is 0.0448. The van der Waals surface area contributed by atoms with E-state index in [-0.39, 0.29) is 17.3 Å². The molecule has 3 heterocycles. The van der Waals surface area contributed by atoms with Crippen LogP contribution in [0.15, 0.2) is 24.3 Å². The van der Waals surface area contributed by atoms with E-state index in [1.807, 2.05) is 0 Å². The van der Waals surface area contributed by atoms with Crippen LogP contribution >= 0.6 is 0 Å². The lowest BCUT2D eigenvalue weighted by atomic mass is 9.97. The van der Waals surface area contributed by atoms with Gasteiger partial charge in [-0.05, 0) is 18.6 Å². The number of imidazole rings is 1. The van der Waals surface area contributed by atoms with Crippen LogP contribution < -0.4 is 0 Å². The first-order valence-electron chi connectivity index (χ1n) is 6.51. The van der Waals surface area contributed by atoms with Gasteiger partial charge in [0.15, 0.2) is 5.69 Å². The minimum Gasteiger partial charge on any atom is -0.476 e. The number of aromatic nitrogens is 2. The Kier molecular flexibility index (Phi) is 2.25. The zero-order valence-electron chi connectivity index (χ0n) is 10.8. The fraction of sp³-hybridized carbons (Fsp3) is 0.214. The molecule has 6 nitrogen and oxygen atoms in total. The molecule has 7 heteroatoms. The Labute approximate surface area is 118 Å². The number of rotatable bonds is 1. The summed E-state index contributed by atoms with van der Waals surface area (Å²) in [6.07, 6.45) is -0.304. The number of carboxylic acid groups (broad SMARTS) is 1. The molecular formula is C14H10FN3O3. The minimum atomic E-state index is -1.29. The molecule has 1 amide bonds. The molecule has 106 valence electrons. The number of fused-ring (bicyclic) bond motifs is 5. The van der Waals surface area contributed by atoms with E-state index in [0.717, 1.165) is 4.57 Å². The normalized spacial score (nSPS) is 19.2. The van der Waals surface area contributed by atoms with Gasteiger partial charge >= 0.3 is 5.97 Å². The minimum absolute atomic E-state index is 0.207. The van der Waals surface area contributed by atoms with Crippen molar-refractivity contribution in [3.05, 3.63) is 47.3 Å². The molecule has 1 aromatic heterocycles. The van der Waals surface area contributed by atoms with Crippen molar-refractivity contribution in [3.8, 4) is 5.69 Å². The Morgan fingerprint density at radius 2 is 2.14 bits per heavy atom. The average molecular weight is 287 g/mol. The first kappa shape index (κ1) is 12.1. The molecule has 0 aliphatic carbocycles. The SMILES string of the molecule is O=C(O)c1nc(F)n2c1C1CCN1C(=O)c1ccccc1-2. The van der Waals surface area contributed by atoms with Gasteiger partial charge in [-0.15, -0.1) is 0 Å². The Balaban J connectivity index is 2.10. The van der Waals surface area contributed by atoms with Crippen molar-refractivity contribution in [2.75, 3.05) is 6.54 Å². The summed E-state index contributed by atoms with van der Waals surface area (Å²) in [5.74, 6) is -1.50. The summed E-state index contributed by atoms with van der Waals surface area (Å²) in [5.41, 5.74) is 0.606. The Hall–Kier alpha value is -2.70. The highest BCUT2D eigenvalue weighted by Gasteiger charge is 2.43. The average Bonchev–Trinajstić information content (AvgIpc) is 2.71. The molecule has 2 aliphatic rings. The molecule has 0 bridgehead atoms. The van der Waals surface area contributed by atoms with E-state index in [1.165, 1.54) is 0 Å². The molecule has 0 spiro atoms. The van der Waals surface area contributed by atoms with Gasteiger partial charge in [-0.25, -0.2) is 4.79 Å². The Morgan fingerprint density at radius 1 is 1.38 bits per heavy atom. The number of carbonyl (C=O) groups excluding carboxylic acids is 1. The summed E-state index contributed by atoms with van der Waals surface area (Å²) in [5, 5.41) is 9.24. The Bertz CT molecular complexity index is 799. The summed E-state index contributed by atoms with van der Waals surface area (Å²) in [4.78, 5) is 28.9. The van der Waals surface area contributed by atoms with Gasteiger partial charge in [-0.3, -0.25) is 9.36 Å². The predicted octanol–water partition coefficient (Wildman–Crippen LogP) is 1.61. The van der Waals surface area contributed by atoms with Gasteiger partial charge < -0.3 is 10.0 Å². The number of carbonyl (C=O) groups is 2. The first-order valence-corrected chi connectivity index (χ1v) is 6.51. The van der Waals surface area contributed by atoms with Crippen molar-refractivity contribution in [2.45, 2.75) is 12.5 Å². The van der Waals surface area contributed by atoms with Gasteiger partial charge in [0.05, 0.1) is 23.0 Å². The van der Waals surface area contributed by atoms with Crippen LogP contribution in [0.3, 0.4) is 0 Å². The van der Waals surface area contributed by atoms with E-state index in [2.05, 4.69) is 4.98 Å². The fourth-order valence-electron chi connectivity index (χ4n) is 3.02. The van der Waals surface area contributed by atoms with Crippen LogP contribution in [0.25, 0.3) is 5.69 Å². The second-order valence-corrected chi connectivity index (χ2v) is 5.08. The van der Waals surface area contributed by atoms with Crippen LogP contribution in [0, 0.1) is 6.08 Å². The van der Waals surface area contributed by atoms with E-state index in [4.69, 9.17) is 0 Å². The lowest BCUT2D eigenvalue weighted by Gasteiger charge is -2.39. The number of nitrogens with zero attached hydrogens (tertiary/aromatic N) is 3. The topological polar surface area (TPSA) is 75.4 Å². The third-order valence-corrected chi connectivity index (χ3v) is 4.05. The van der Waals surface area contributed by atoms with Crippen molar-refractivity contribution in [1.29, 1.82) is 0 Å². The number of carboxylic acids is 1. The predicted molar refractivity (Wildman–Crippen MR) is 68.9 cm³/mol. The summed E-state index contributed by atoms with van der Waals surface area (Å²) in [6, 6.07) is 6.15. The molecule has 2 aromatic rings. The maximum atomic E-state index is 14.2. The van der Waals surface area contributed by atoms with Crippen LogP contribution in [0.5, 0.6) is 0 Å². The summed E-state index contributed by atoms with van der Waals surface area (Å²) in [6.45, 7) is 0.531. The molecule has 1 unspecified atom stereocenters. The van der Waals surface area contributed by atoms with E-state index >= 15 is 0 Å². The van der Waals surface area contributed by atoms with Crippen LogP contribution in [-0.4, -0.2) is 38.0 Å². The van der Waals surface area contributed by atoms with Crippen LogP contribution in [-0.2, 0) is 0 Å². The van der Waals surface area contributed by atoms with E-state index in [1.54, 1.807) is 29.2 Å². The number of halogens is 1. The molecule has 2 aliphatic heterocycles. The highest BCUT2D eigenvalue weighted by molar-refractivity contribution is 6.00. The van der Waals surface area contributed by atoms with Crippen molar-refractivity contribution in [1.82, 2.24) is 14.5 Å². The van der Waals surface area contributed by atoms with Gasteiger partial charge in [0.25, 0.3) is 12.0 Å². The highest BCUT2D eigenvalue weighted by atomic mass is 19.1. The molecule has 1 N–H and O–H groups in total. The van der Waals surface area contributed by atoms with Gasteiger partial charge in [0, 0.05) is 6.54 Å². The number of para-hydroxylation sites is 1. The van der Waals surface area contributed by atoms with Crippen molar-refractivity contribution >= 4 is 11.9 Å². The zero-order chi connectivity index (χ0) is 14.7. The van der Waals surface area contributed by atoms with Crippen LogP contribution in [0.2, 0.25) is 0 Å². The lowest BCUT2D eigenvalue weighted by Crippen LogP contribution is -2.45. The maximum absolute atomic E-state index is 14.2. The van der Waals surface area contributed by atoms with Gasteiger partial charge in [0.2, 0.25) is 0 Å². The quantitative estimate of drug-likeness (QED) is 0.864. The second-order valence-electron chi connectivity index (χ2n) is 5.08. The standard InChI is InChI=1S/C14H10FN3O3/c15-14-16-10(13(20)21)11-9-5-6-17(9)12(19)7-3-1-2-4-8(7)18(11)14/h1-4,9H,5-6H2,(H,20,21). The number of benzene rings is 1. The van der Waals surface area contributed by atoms with Crippen molar-refractivity contribution in [2.24, 2.45) is 0 Å². The van der Waals surface area contributed by atoms with E-state index in [9.17, 15) is 19.1 Å². The molecule has 0 radical (unpaired) electrons. The molecule has 4 rings (SSSR count). The summed E-state index contributed by atoms with van der Waals surface area (Å²) >= 11 is 0. The van der Waals surface area contributed by atoms with Gasteiger partial charge in [0.1, 0.15) is 0 Å². The summed E-state index contributed by atoms with van der Waals surface area (Å²) in [7, 11) is 0. The molecule has 0 saturated carbocycles. The van der Waals surface area contributed by atoms with Gasteiger partial charge in [-0.2, -0.15) is 9.37 Å². The largest absolute Gasteiger partial charge is 0.476 e. The molecule has 1 saturated heterocycles. The van der Waals surface area contributed by atoms with E-state index in [0.29, 0.717) is 24.2 Å². The molecule has 1 fully saturated rings. The summed E-state index contributed by atoms with van der Waals surface area (Å²) < 4.78 is 15.4. The highest BCUT2D eigenvalue weighted by Crippen LogP contribution is 2.41. The zero-order valence-corrected chi connectivity index (χ0v) is 10.8. The third-order valence-electron chi connectivity index (χ3n) is 4.05. The molecule has 1 atom stereocenters. The molecular weight excluding hydrogens is 277 g/mol. The van der Waals surface area contributed by atoms with Crippen molar-refractivity contribution in [3.63, 3.8) is 0 Å². The number of hydrogen-bond donors (Lipinski definition) is 1. The monoisotopic (exact) mass is 287 g/mol. The Morgan fingerprint density at radius 3 is 2.81 bits per heavy atom. The molecule has 1 aromatic carbocycles. The first-order chi connectivity index (χ1) is 10.1. The maximum Gasteiger partial charge on any atom is 0.356 e. The van der Waals surface area contributed by atoms with E-state index < -0.39 is 18.1 Å². The number of amides is 1. The second kappa shape index (κ2) is 3.91. The molecule has 21 heavy (non-hydrogen) atoms. The number of aromatic carboxylic acids is 1. The third kappa shape index (κ3) is 1.43. The smallest absolute Gasteiger partial charge is 0.356 e. The fourth-order valence-corrected chi connectivity index (χ4v) is 3.02. The number of hydrogen-bond acceptors (Lipinski definition) is 3. The van der Waals surface area contributed by atoms with Crippen LogP contribution in [0.1, 0.15) is 39.0 Å². The van der Waals surface area contributed by atoms with Crippen molar-refractivity contribution < 1.29 is 19.1 Å².